The molecule has 0 saturated heterocycles. The molecule has 0 radical (unpaired) electrons. The molecular weight excluding hydrogens is 262 g/mol. The molecule has 2 rings (SSSR count). The molecule has 0 N–H and O–H groups in total. The lowest BCUT2D eigenvalue weighted by molar-refractivity contribution is -0.121. The van der Waals surface area contributed by atoms with E-state index >= 15 is 0 Å². The summed E-state index contributed by atoms with van der Waals surface area (Å²) in [5, 5.41) is 0. The number of ketones is 1. The Kier molecular flexibility index (Phi) is 5.32. The van der Waals surface area contributed by atoms with Crippen LogP contribution in [-0.2, 0) is 4.79 Å². The van der Waals surface area contributed by atoms with Crippen molar-refractivity contribution in [3.63, 3.8) is 0 Å². The summed E-state index contributed by atoms with van der Waals surface area (Å²) < 4.78 is 5.67. The van der Waals surface area contributed by atoms with Crippen LogP contribution in [0.3, 0.4) is 0 Å². The highest BCUT2D eigenvalue weighted by molar-refractivity contribution is 6.16. The highest BCUT2D eigenvalue weighted by Gasteiger charge is 2.39. The van der Waals surface area contributed by atoms with Crippen LogP contribution in [0.4, 0.5) is 0 Å². The molecule has 3 nitrogen and oxygen atoms in total. The molecule has 1 aliphatic carbocycles. The van der Waals surface area contributed by atoms with Crippen molar-refractivity contribution in [2.75, 3.05) is 13.7 Å². The molecule has 1 aliphatic rings. The van der Waals surface area contributed by atoms with Crippen LogP contribution in [-0.4, -0.2) is 25.1 Å². The molecule has 2 unspecified atom stereocenters. The standard InChI is InChI=1S/C18H23NO2/c1-4-7-14-12-16(19-3)17(18(14)20)13-8-6-9-15(11-13)21-10-5-2/h4,6,8-9,11,14,17H,1,5,7,10,12H2,2-3H3. The van der Waals surface area contributed by atoms with Gasteiger partial charge >= 0.3 is 0 Å². The maximum atomic E-state index is 12.6. The van der Waals surface area contributed by atoms with Crippen LogP contribution >= 0.6 is 0 Å². The molecule has 0 bridgehead atoms. The number of hydrogen-bond donors (Lipinski definition) is 0. The van der Waals surface area contributed by atoms with E-state index in [1.165, 1.54) is 0 Å². The largest absolute Gasteiger partial charge is 0.494 e. The summed E-state index contributed by atoms with van der Waals surface area (Å²) in [4.78, 5) is 17.0. The summed E-state index contributed by atoms with van der Waals surface area (Å²) in [6.45, 7) is 6.51. The van der Waals surface area contributed by atoms with Crippen molar-refractivity contribution >= 4 is 11.5 Å². The van der Waals surface area contributed by atoms with E-state index in [4.69, 9.17) is 4.74 Å². The van der Waals surface area contributed by atoms with E-state index in [2.05, 4.69) is 18.5 Å². The quantitative estimate of drug-likeness (QED) is 0.746. The Morgan fingerprint density at radius 1 is 1.48 bits per heavy atom. The number of carbonyl (C=O) groups excluding carboxylic acids is 1. The summed E-state index contributed by atoms with van der Waals surface area (Å²) in [7, 11) is 1.77. The molecule has 1 fully saturated rings. The fraction of sp³-hybridized carbons (Fsp3) is 0.444. The lowest BCUT2D eigenvalue weighted by Crippen LogP contribution is -2.15. The van der Waals surface area contributed by atoms with Gasteiger partial charge in [-0.15, -0.1) is 6.58 Å². The smallest absolute Gasteiger partial charge is 0.149 e. The third-order valence-electron chi connectivity index (χ3n) is 3.88. The summed E-state index contributed by atoms with van der Waals surface area (Å²) in [5.74, 6) is 0.879. The zero-order valence-corrected chi connectivity index (χ0v) is 12.8. The fourth-order valence-electron chi connectivity index (χ4n) is 2.85. The van der Waals surface area contributed by atoms with Gasteiger partial charge in [-0.25, -0.2) is 0 Å². The first-order valence-corrected chi connectivity index (χ1v) is 7.54. The first-order valence-electron chi connectivity index (χ1n) is 7.54. The van der Waals surface area contributed by atoms with Gasteiger partial charge in [0.1, 0.15) is 11.5 Å². The number of nitrogens with zero attached hydrogens (tertiary/aromatic N) is 1. The number of allylic oxidation sites excluding steroid dienone is 1. The summed E-state index contributed by atoms with van der Waals surface area (Å²) in [6, 6.07) is 7.84. The van der Waals surface area contributed by atoms with Crippen molar-refractivity contribution in [3.8, 4) is 5.75 Å². The second-order valence-electron chi connectivity index (χ2n) is 5.40. The van der Waals surface area contributed by atoms with Gasteiger partial charge in [-0.1, -0.05) is 25.1 Å². The van der Waals surface area contributed by atoms with Gasteiger partial charge in [-0.2, -0.15) is 0 Å². The van der Waals surface area contributed by atoms with Gasteiger partial charge in [0.05, 0.1) is 12.5 Å². The predicted molar refractivity (Wildman–Crippen MR) is 86.3 cm³/mol. The first-order chi connectivity index (χ1) is 10.2. The number of rotatable bonds is 6. The number of benzene rings is 1. The summed E-state index contributed by atoms with van der Waals surface area (Å²) in [6.07, 6.45) is 4.25. The zero-order valence-electron chi connectivity index (χ0n) is 12.8. The van der Waals surface area contributed by atoms with Crippen LogP contribution in [0.15, 0.2) is 41.9 Å². The second-order valence-corrected chi connectivity index (χ2v) is 5.40. The summed E-state index contributed by atoms with van der Waals surface area (Å²) in [5.41, 5.74) is 1.96. The molecular formula is C18H23NO2. The second kappa shape index (κ2) is 7.21. The van der Waals surface area contributed by atoms with Gasteiger partial charge in [0.25, 0.3) is 0 Å². The van der Waals surface area contributed by atoms with Crippen LogP contribution in [0.1, 0.15) is 37.7 Å². The lowest BCUT2D eigenvalue weighted by atomic mass is 9.93. The van der Waals surface area contributed by atoms with Gasteiger partial charge in [-0.05, 0) is 37.0 Å². The lowest BCUT2D eigenvalue weighted by Gasteiger charge is -2.13. The van der Waals surface area contributed by atoms with Crippen LogP contribution in [0.2, 0.25) is 0 Å². The molecule has 0 aliphatic heterocycles. The minimum absolute atomic E-state index is 0.0198. The number of aliphatic imine (C=N–C) groups is 1. The SMILES string of the molecule is C=CCC1CC(=NC)C(c2cccc(OCCC)c2)C1=O. The average molecular weight is 285 g/mol. The number of carbonyl (C=O) groups is 1. The van der Waals surface area contributed by atoms with E-state index in [9.17, 15) is 4.79 Å². The van der Waals surface area contributed by atoms with E-state index in [-0.39, 0.29) is 17.6 Å². The van der Waals surface area contributed by atoms with Crippen LogP contribution in [0.25, 0.3) is 0 Å². The van der Waals surface area contributed by atoms with Gasteiger partial charge in [-0.3, -0.25) is 9.79 Å². The minimum atomic E-state index is -0.217. The molecule has 0 heterocycles. The van der Waals surface area contributed by atoms with Gasteiger partial charge < -0.3 is 4.74 Å². The molecule has 3 heteroatoms. The topological polar surface area (TPSA) is 38.7 Å². The molecule has 0 aromatic heterocycles. The first kappa shape index (κ1) is 15.5. The zero-order chi connectivity index (χ0) is 15.2. The highest BCUT2D eigenvalue weighted by atomic mass is 16.5. The van der Waals surface area contributed by atoms with Crippen molar-refractivity contribution in [2.45, 2.75) is 32.1 Å². The van der Waals surface area contributed by atoms with E-state index in [1.807, 2.05) is 30.3 Å². The van der Waals surface area contributed by atoms with E-state index < -0.39 is 0 Å². The van der Waals surface area contributed by atoms with Crippen LogP contribution < -0.4 is 4.74 Å². The third kappa shape index (κ3) is 3.41. The van der Waals surface area contributed by atoms with Crippen molar-refractivity contribution in [1.29, 1.82) is 0 Å². The predicted octanol–water partition coefficient (Wildman–Crippen LogP) is 3.79. The van der Waals surface area contributed by atoms with Crippen molar-refractivity contribution in [1.82, 2.24) is 0 Å². The third-order valence-corrected chi connectivity index (χ3v) is 3.88. The Hall–Kier alpha value is -1.90. The van der Waals surface area contributed by atoms with Crippen LogP contribution in [0, 0.1) is 5.92 Å². The molecule has 2 atom stereocenters. The maximum absolute atomic E-state index is 12.6. The molecule has 1 aromatic rings. The Balaban J connectivity index is 2.26. The molecule has 0 spiro atoms. The van der Waals surface area contributed by atoms with E-state index in [0.29, 0.717) is 6.61 Å². The maximum Gasteiger partial charge on any atom is 0.149 e. The molecule has 21 heavy (non-hydrogen) atoms. The number of ether oxygens (including phenoxy) is 1. The fourth-order valence-corrected chi connectivity index (χ4v) is 2.85. The number of Topliss-reactive ketones (excluding diaryl/α,β-unsaturated/α-hetero) is 1. The molecule has 112 valence electrons. The Morgan fingerprint density at radius 3 is 2.95 bits per heavy atom. The summed E-state index contributed by atoms with van der Waals surface area (Å²) >= 11 is 0. The molecule has 1 saturated carbocycles. The van der Waals surface area contributed by atoms with Crippen LogP contribution in [0.5, 0.6) is 5.75 Å². The number of hydrogen-bond acceptors (Lipinski definition) is 3. The monoisotopic (exact) mass is 285 g/mol. The Bertz CT molecular complexity index is 548. The minimum Gasteiger partial charge on any atom is -0.494 e. The molecule has 1 aromatic carbocycles. The van der Waals surface area contributed by atoms with Crippen molar-refractivity contribution < 1.29 is 9.53 Å². The van der Waals surface area contributed by atoms with Gasteiger partial charge in [0, 0.05) is 18.7 Å². The van der Waals surface area contributed by atoms with E-state index in [0.717, 1.165) is 36.3 Å². The van der Waals surface area contributed by atoms with Gasteiger partial charge in [0.2, 0.25) is 0 Å². The van der Waals surface area contributed by atoms with E-state index in [1.54, 1.807) is 7.05 Å². The van der Waals surface area contributed by atoms with Crippen molar-refractivity contribution in [2.24, 2.45) is 10.9 Å². The highest BCUT2D eigenvalue weighted by Crippen LogP contribution is 2.36. The van der Waals surface area contributed by atoms with Crippen molar-refractivity contribution in [3.05, 3.63) is 42.5 Å². The Labute approximate surface area is 126 Å². The van der Waals surface area contributed by atoms with Gasteiger partial charge in [0.15, 0.2) is 0 Å². The Morgan fingerprint density at radius 2 is 2.29 bits per heavy atom. The average Bonchev–Trinajstić information content (AvgIpc) is 2.82. The molecule has 0 amide bonds. The normalized spacial score (nSPS) is 23.5.